The van der Waals surface area contributed by atoms with Gasteiger partial charge in [-0.1, -0.05) is 41.9 Å². The molecule has 5 rings (SSSR count). The van der Waals surface area contributed by atoms with E-state index >= 15 is 0 Å². The third-order valence-electron chi connectivity index (χ3n) is 7.54. The zero-order valence-corrected chi connectivity index (χ0v) is 24.3. The van der Waals surface area contributed by atoms with Crippen molar-refractivity contribution >= 4 is 29.6 Å². The molecular weight excluding hydrogens is 556 g/mol. The van der Waals surface area contributed by atoms with E-state index in [4.69, 9.17) is 31.2 Å². The topological polar surface area (TPSA) is 117 Å². The van der Waals surface area contributed by atoms with E-state index in [1.807, 2.05) is 18.2 Å². The molecule has 0 saturated carbocycles. The van der Waals surface area contributed by atoms with Gasteiger partial charge in [0.05, 0.1) is 17.3 Å². The molecule has 220 valence electrons. The minimum Gasteiger partial charge on any atom is -0.487 e. The van der Waals surface area contributed by atoms with E-state index in [0.717, 1.165) is 57.3 Å². The van der Waals surface area contributed by atoms with E-state index in [1.54, 1.807) is 25.1 Å². The van der Waals surface area contributed by atoms with Crippen molar-refractivity contribution in [1.82, 2.24) is 9.88 Å². The molecule has 0 bridgehead atoms. The molecule has 2 aromatic carbocycles. The summed E-state index contributed by atoms with van der Waals surface area (Å²) in [5.74, 6) is -0.470. The number of para-hydroxylation sites is 1. The van der Waals surface area contributed by atoms with Crippen molar-refractivity contribution in [1.29, 1.82) is 5.41 Å². The first-order valence-corrected chi connectivity index (χ1v) is 14.5. The fourth-order valence-corrected chi connectivity index (χ4v) is 5.64. The van der Waals surface area contributed by atoms with E-state index in [9.17, 15) is 9.90 Å². The van der Waals surface area contributed by atoms with E-state index < -0.39 is 5.97 Å². The highest BCUT2D eigenvalue weighted by molar-refractivity contribution is 6.32. The minimum atomic E-state index is -1.28. The van der Waals surface area contributed by atoms with Gasteiger partial charge in [0.25, 0.3) is 0 Å². The Kier molecular flexibility index (Phi) is 9.74. The summed E-state index contributed by atoms with van der Waals surface area (Å²) in [6.07, 6.45) is 3.96. The summed E-state index contributed by atoms with van der Waals surface area (Å²) in [6.45, 7) is 6.04. The molecule has 0 amide bonds. The Morgan fingerprint density at radius 3 is 2.76 bits per heavy atom. The van der Waals surface area contributed by atoms with Crippen molar-refractivity contribution in [2.75, 3.05) is 31.7 Å². The van der Waals surface area contributed by atoms with Crippen molar-refractivity contribution in [3.63, 3.8) is 0 Å². The molecule has 0 atom stereocenters. The number of carbonyl (C=O) groups is 1. The van der Waals surface area contributed by atoms with Crippen LogP contribution in [0.25, 0.3) is 11.3 Å². The lowest BCUT2D eigenvalue weighted by Gasteiger charge is -2.37. The lowest BCUT2D eigenvalue weighted by atomic mass is 9.95. The number of aliphatic carboxylic acids is 1. The van der Waals surface area contributed by atoms with Crippen LogP contribution in [0.1, 0.15) is 36.5 Å². The Bertz CT molecular complexity index is 1470. The van der Waals surface area contributed by atoms with Crippen LogP contribution in [0.15, 0.2) is 66.1 Å². The van der Waals surface area contributed by atoms with Crippen LogP contribution in [0.3, 0.4) is 0 Å². The van der Waals surface area contributed by atoms with E-state index in [0.29, 0.717) is 40.5 Å². The first kappa shape index (κ1) is 29.6. The predicted molar refractivity (Wildman–Crippen MR) is 162 cm³/mol. The van der Waals surface area contributed by atoms with Crippen LogP contribution in [0.5, 0.6) is 5.75 Å². The number of fused-ring (bicyclic) bond motifs is 1. The van der Waals surface area contributed by atoms with Gasteiger partial charge in [-0.05, 0) is 67.1 Å². The molecule has 1 fully saturated rings. The van der Waals surface area contributed by atoms with Gasteiger partial charge in [-0.2, -0.15) is 0 Å². The highest BCUT2D eigenvalue weighted by Gasteiger charge is 2.25. The maximum absolute atomic E-state index is 11.6. The lowest BCUT2D eigenvalue weighted by Crippen LogP contribution is -2.42. The van der Waals surface area contributed by atoms with Gasteiger partial charge in [0.1, 0.15) is 23.7 Å². The maximum Gasteiger partial charge on any atom is 0.342 e. The van der Waals surface area contributed by atoms with Gasteiger partial charge in [-0.25, -0.2) is 9.78 Å². The molecule has 0 radical (unpaired) electrons. The molecule has 3 N–H and O–H groups in total. The van der Waals surface area contributed by atoms with Crippen LogP contribution >= 0.6 is 11.6 Å². The summed E-state index contributed by atoms with van der Waals surface area (Å²) in [4.78, 5) is 18.8. The van der Waals surface area contributed by atoms with Crippen LogP contribution < -0.4 is 10.1 Å². The highest BCUT2D eigenvalue weighted by atomic mass is 35.5. The van der Waals surface area contributed by atoms with E-state index in [-0.39, 0.29) is 18.1 Å². The number of nitrogens with zero attached hydrogens (tertiary/aromatic N) is 2. The second kappa shape index (κ2) is 13.8. The molecule has 2 aliphatic rings. The summed E-state index contributed by atoms with van der Waals surface area (Å²) in [7, 11) is 0. The zero-order chi connectivity index (χ0) is 29.5. The quantitative estimate of drug-likeness (QED) is 0.143. The Morgan fingerprint density at radius 1 is 1.19 bits per heavy atom. The van der Waals surface area contributed by atoms with Crippen molar-refractivity contribution in [3.8, 4) is 17.0 Å². The fourth-order valence-electron chi connectivity index (χ4n) is 5.41. The van der Waals surface area contributed by atoms with Crippen molar-refractivity contribution in [2.24, 2.45) is 0 Å². The summed E-state index contributed by atoms with van der Waals surface area (Å²) < 4.78 is 17.3. The first-order valence-electron chi connectivity index (χ1n) is 14.2. The minimum absolute atomic E-state index is 0.0597. The third kappa shape index (κ3) is 6.92. The van der Waals surface area contributed by atoms with Gasteiger partial charge in [0.15, 0.2) is 0 Å². The number of anilines is 1. The molecule has 2 aliphatic heterocycles. The molecule has 0 aliphatic carbocycles. The number of pyridine rings is 1. The van der Waals surface area contributed by atoms with Crippen LogP contribution in [0, 0.1) is 5.41 Å². The molecule has 9 nitrogen and oxygen atoms in total. The second-order valence-corrected chi connectivity index (χ2v) is 10.6. The molecule has 0 unspecified atom stereocenters. The monoisotopic (exact) mass is 590 g/mol. The van der Waals surface area contributed by atoms with Crippen LogP contribution in [0.4, 0.5) is 5.82 Å². The molecular formula is C32H35ClN4O5. The van der Waals surface area contributed by atoms with Crippen molar-refractivity contribution in [2.45, 2.75) is 45.4 Å². The van der Waals surface area contributed by atoms with Crippen molar-refractivity contribution < 1.29 is 24.1 Å². The number of carboxylic acids is 1. The van der Waals surface area contributed by atoms with Crippen LogP contribution in [0.2, 0.25) is 5.02 Å². The molecule has 1 aromatic heterocycles. The lowest BCUT2D eigenvalue weighted by molar-refractivity contribution is -0.132. The summed E-state index contributed by atoms with van der Waals surface area (Å²) >= 11 is 6.61. The van der Waals surface area contributed by atoms with Crippen molar-refractivity contribution in [3.05, 3.63) is 87.8 Å². The van der Waals surface area contributed by atoms with Gasteiger partial charge in [-0.15, -0.1) is 0 Å². The van der Waals surface area contributed by atoms with E-state index in [2.05, 4.69) is 33.4 Å². The van der Waals surface area contributed by atoms with Crippen LogP contribution in [-0.4, -0.2) is 59.6 Å². The average molecular weight is 591 g/mol. The van der Waals surface area contributed by atoms with Gasteiger partial charge in [-0.3, -0.25) is 4.90 Å². The number of hydrogen-bond donors (Lipinski definition) is 3. The summed E-state index contributed by atoms with van der Waals surface area (Å²) in [5.41, 5.74) is 4.78. The average Bonchev–Trinajstić information content (AvgIpc) is 3.01. The van der Waals surface area contributed by atoms with Gasteiger partial charge in [0.2, 0.25) is 5.88 Å². The Morgan fingerprint density at radius 2 is 2.00 bits per heavy atom. The van der Waals surface area contributed by atoms with Gasteiger partial charge < -0.3 is 30.0 Å². The van der Waals surface area contributed by atoms with Crippen LogP contribution in [-0.2, 0) is 33.8 Å². The smallest absolute Gasteiger partial charge is 0.342 e. The number of halogens is 1. The summed E-state index contributed by atoms with van der Waals surface area (Å²) in [5, 5.41) is 20.3. The number of nitrogens with one attached hydrogen (secondary N) is 2. The number of hydrogen-bond acceptors (Lipinski definition) is 8. The third-order valence-corrected chi connectivity index (χ3v) is 7.84. The highest BCUT2D eigenvalue weighted by Crippen LogP contribution is 2.37. The maximum atomic E-state index is 11.6. The number of carboxylic acid groups (broad SMARTS) is 1. The number of rotatable bonds is 11. The Labute approximate surface area is 250 Å². The molecule has 1 saturated heterocycles. The normalized spacial score (nSPS) is 16.2. The number of ether oxygens (including phenoxy) is 3. The Balaban J connectivity index is 1.32. The molecule has 0 spiro atoms. The second-order valence-electron chi connectivity index (χ2n) is 10.2. The largest absolute Gasteiger partial charge is 0.487 e. The molecule has 3 aromatic rings. The molecule has 10 heteroatoms. The fraction of sp³-hybridized carbons (Fsp3) is 0.344. The standard InChI is InChI=1S/C32H35ClN4O5/c1-2-41-31(26(18-34)32(38)39)36-29-8-4-7-28(35-29)25-5-3-6-27(33)30(25)42-20-21-9-10-23-19-37(14-11-22(23)17-21)24-12-15-40-16-13-24/h3-10,17-18,24,34H,2,11-16,19-20H2,1H3,(H,35,36)(H,38,39)/b31-26-,34-18?. The van der Waals surface area contributed by atoms with Gasteiger partial charge >= 0.3 is 5.97 Å². The SMILES string of the molecule is CCO/C(Nc1cccc(-c2cccc(Cl)c2OCc2ccc3c(c2)CCN(C2CCOCC2)C3)n1)=C(/C=N)C(=O)O. The summed E-state index contributed by atoms with van der Waals surface area (Å²) in [6, 6.07) is 18.0. The Hall–Kier alpha value is -3.92. The van der Waals surface area contributed by atoms with Gasteiger partial charge in [0, 0.05) is 44.1 Å². The first-order chi connectivity index (χ1) is 20.5. The number of aromatic nitrogens is 1. The molecule has 42 heavy (non-hydrogen) atoms. The predicted octanol–water partition coefficient (Wildman–Crippen LogP) is 5.91. The zero-order valence-electron chi connectivity index (χ0n) is 23.6. The van der Waals surface area contributed by atoms with E-state index in [1.165, 1.54) is 11.1 Å². The number of benzene rings is 2. The molecule has 3 heterocycles.